The van der Waals surface area contributed by atoms with Gasteiger partial charge in [0.2, 0.25) is 11.8 Å². The molecule has 182 valence electrons. The second kappa shape index (κ2) is 11.0. The van der Waals surface area contributed by atoms with E-state index in [0.717, 1.165) is 36.8 Å². The van der Waals surface area contributed by atoms with E-state index in [4.69, 9.17) is 4.42 Å². The van der Waals surface area contributed by atoms with Crippen molar-refractivity contribution in [1.29, 1.82) is 0 Å². The number of nitrogens with one attached hydrogen (secondary N) is 2. The number of anilines is 1. The molecule has 35 heavy (non-hydrogen) atoms. The lowest BCUT2D eigenvalue weighted by molar-refractivity contribution is -0.126. The van der Waals surface area contributed by atoms with Crippen LogP contribution in [0.3, 0.4) is 0 Å². The lowest BCUT2D eigenvalue weighted by Crippen LogP contribution is -2.49. The summed E-state index contributed by atoms with van der Waals surface area (Å²) in [6.45, 7) is 3.57. The zero-order chi connectivity index (χ0) is 24.8. The normalized spacial score (nSPS) is 14.3. The van der Waals surface area contributed by atoms with Crippen molar-refractivity contribution in [3.05, 3.63) is 89.4 Å². The lowest BCUT2D eigenvalue weighted by Gasteiger charge is -2.33. The van der Waals surface area contributed by atoms with Gasteiger partial charge in [0, 0.05) is 11.7 Å². The van der Waals surface area contributed by atoms with Crippen LogP contribution in [-0.4, -0.2) is 30.3 Å². The van der Waals surface area contributed by atoms with Gasteiger partial charge in [0.05, 0.1) is 12.8 Å². The minimum absolute atomic E-state index is 0.0999. The van der Waals surface area contributed by atoms with Gasteiger partial charge in [-0.2, -0.15) is 0 Å². The van der Waals surface area contributed by atoms with E-state index in [1.54, 1.807) is 6.07 Å². The minimum atomic E-state index is -0.884. The number of hydrogen-bond donors (Lipinski definition) is 2. The maximum Gasteiger partial charge on any atom is 0.287 e. The molecule has 2 aromatic carbocycles. The maximum absolute atomic E-state index is 13.7. The topological polar surface area (TPSA) is 91.7 Å². The van der Waals surface area contributed by atoms with Gasteiger partial charge < -0.3 is 15.1 Å². The summed E-state index contributed by atoms with van der Waals surface area (Å²) in [7, 11) is 0. The summed E-state index contributed by atoms with van der Waals surface area (Å²) in [5.74, 6) is -0.991. The molecule has 1 aliphatic rings. The first-order valence-corrected chi connectivity index (χ1v) is 12.0. The van der Waals surface area contributed by atoms with Crippen LogP contribution in [0.25, 0.3) is 0 Å². The monoisotopic (exact) mass is 473 g/mol. The second-order valence-electron chi connectivity index (χ2n) is 9.02. The summed E-state index contributed by atoms with van der Waals surface area (Å²) >= 11 is 0. The van der Waals surface area contributed by atoms with Gasteiger partial charge >= 0.3 is 0 Å². The Morgan fingerprint density at radius 2 is 1.74 bits per heavy atom. The fourth-order valence-corrected chi connectivity index (χ4v) is 4.54. The first-order chi connectivity index (χ1) is 16.9. The van der Waals surface area contributed by atoms with Crippen LogP contribution in [-0.2, 0) is 9.59 Å². The van der Waals surface area contributed by atoms with Crippen molar-refractivity contribution in [2.75, 3.05) is 11.4 Å². The van der Waals surface area contributed by atoms with Gasteiger partial charge in [0.15, 0.2) is 5.76 Å². The van der Waals surface area contributed by atoms with Crippen LogP contribution in [0.4, 0.5) is 5.69 Å². The van der Waals surface area contributed by atoms with E-state index in [1.807, 2.05) is 62.4 Å². The molecule has 7 heteroatoms. The molecule has 3 aromatic rings. The third kappa shape index (κ3) is 5.80. The van der Waals surface area contributed by atoms with Crippen LogP contribution in [0.1, 0.15) is 59.0 Å². The van der Waals surface area contributed by atoms with Crippen LogP contribution in [0, 0.1) is 13.8 Å². The summed E-state index contributed by atoms with van der Waals surface area (Å²) in [5.41, 5.74) is 3.16. The molecule has 0 bridgehead atoms. The van der Waals surface area contributed by atoms with Gasteiger partial charge in [0.1, 0.15) is 6.04 Å². The standard InChI is InChI=1S/C28H31N3O4/c1-19-14-15-20(2)23(17-19)31(25(32)18-29-27(33)24-13-8-16-35-24)26(21-9-4-3-5-10-21)28(34)30-22-11-6-7-12-22/h3-5,8-10,13-17,22,26H,6-7,11-12,18H2,1-2H3,(H,29,33)(H,30,34)/t26-/m1/s1. The molecule has 2 N–H and O–H groups in total. The number of furan rings is 1. The largest absolute Gasteiger partial charge is 0.459 e. The van der Waals surface area contributed by atoms with E-state index in [0.29, 0.717) is 11.3 Å². The molecule has 1 aliphatic carbocycles. The Kier molecular flexibility index (Phi) is 7.65. The van der Waals surface area contributed by atoms with Gasteiger partial charge in [-0.3, -0.25) is 19.3 Å². The summed E-state index contributed by atoms with van der Waals surface area (Å²) in [5, 5.41) is 5.80. The molecule has 1 heterocycles. The van der Waals surface area contributed by atoms with Crippen LogP contribution in [0.15, 0.2) is 71.3 Å². The fraction of sp³-hybridized carbons (Fsp3) is 0.321. The van der Waals surface area contributed by atoms with Crippen molar-refractivity contribution in [1.82, 2.24) is 10.6 Å². The lowest BCUT2D eigenvalue weighted by atomic mass is 10.0. The Morgan fingerprint density at radius 1 is 1.00 bits per heavy atom. The molecule has 0 radical (unpaired) electrons. The fourth-order valence-electron chi connectivity index (χ4n) is 4.54. The first kappa shape index (κ1) is 24.3. The van der Waals surface area contributed by atoms with Gasteiger partial charge in [-0.25, -0.2) is 0 Å². The van der Waals surface area contributed by atoms with E-state index in [-0.39, 0.29) is 24.3 Å². The molecule has 3 amide bonds. The summed E-state index contributed by atoms with van der Waals surface area (Å²) in [6, 6.07) is 17.5. The molecule has 1 atom stereocenters. The highest BCUT2D eigenvalue weighted by Crippen LogP contribution is 2.32. The molecule has 0 saturated heterocycles. The van der Waals surface area contributed by atoms with Gasteiger partial charge in [-0.1, -0.05) is 55.3 Å². The molecule has 1 fully saturated rings. The second-order valence-corrected chi connectivity index (χ2v) is 9.02. The predicted octanol–water partition coefficient (Wildman–Crippen LogP) is 4.46. The highest BCUT2D eigenvalue weighted by molar-refractivity contribution is 6.04. The number of rotatable bonds is 8. The van der Waals surface area contributed by atoms with Crippen molar-refractivity contribution < 1.29 is 18.8 Å². The van der Waals surface area contributed by atoms with Crippen LogP contribution in [0.2, 0.25) is 0 Å². The Labute approximate surface area is 205 Å². The molecule has 1 saturated carbocycles. The zero-order valence-corrected chi connectivity index (χ0v) is 20.1. The molecule has 0 unspecified atom stereocenters. The number of nitrogens with zero attached hydrogens (tertiary/aromatic N) is 1. The highest BCUT2D eigenvalue weighted by Gasteiger charge is 2.35. The quantitative estimate of drug-likeness (QED) is 0.505. The molecule has 0 aliphatic heterocycles. The zero-order valence-electron chi connectivity index (χ0n) is 20.1. The molecular formula is C28H31N3O4. The Balaban J connectivity index is 1.70. The van der Waals surface area contributed by atoms with Crippen molar-refractivity contribution in [2.24, 2.45) is 0 Å². The van der Waals surface area contributed by atoms with Crippen LogP contribution in [0.5, 0.6) is 0 Å². The number of aryl methyl sites for hydroxylation is 2. The van der Waals surface area contributed by atoms with Crippen LogP contribution < -0.4 is 15.5 Å². The molecule has 4 rings (SSSR count). The highest BCUT2D eigenvalue weighted by atomic mass is 16.3. The van der Waals surface area contributed by atoms with Gasteiger partial charge in [-0.15, -0.1) is 0 Å². The van der Waals surface area contributed by atoms with E-state index in [2.05, 4.69) is 10.6 Å². The van der Waals surface area contributed by atoms with E-state index in [9.17, 15) is 14.4 Å². The summed E-state index contributed by atoms with van der Waals surface area (Å²) in [6.07, 6.45) is 5.43. The van der Waals surface area contributed by atoms with Crippen molar-refractivity contribution in [2.45, 2.75) is 51.6 Å². The Hall–Kier alpha value is -3.87. The van der Waals surface area contributed by atoms with Crippen molar-refractivity contribution >= 4 is 23.4 Å². The third-order valence-electron chi connectivity index (χ3n) is 6.36. The Bertz CT molecular complexity index is 1170. The van der Waals surface area contributed by atoms with Crippen LogP contribution >= 0.6 is 0 Å². The molecular weight excluding hydrogens is 442 g/mol. The average Bonchev–Trinajstić information content (AvgIpc) is 3.57. The Morgan fingerprint density at radius 3 is 2.43 bits per heavy atom. The number of amides is 3. The van der Waals surface area contributed by atoms with Gasteiger partial charge in [0.25, 0.3) is 5.91 Å². The van der Waals surface area contributed by atoms with Crippen molar-refractivity contribution in [3.8, 4) is 0 Å². The minimum Gasteiger partial charge on any atom is -0.459 e. The number of benzene rings is 2. The molecule has 7 nitrogen and oxygen atoms in total. The van der Waals surface area contributed by atoms with Crippen molar-refractivity contribution in [3.63, 3.8) is 0 Å². The smallest absolute Gasteiger partial charge is 0.287 e. The van der Waals surface area contributed by atoms with E-state index >= 15 is 0 Å². The van der Waals surface area contributed by atoms with Gasteiger partial charge in [-0.05, 0) is 61.6 Å². The average molecular weight is 474 g/mol. The summed E-state index contributed by atoms with van der Waals surface area (Å²) in [4.78, 5) is 41.4. The third-order valence-corrected chi connectivity index (χ3v) is 6.36. The molecule has 0 spiro atoms. The van der Waals surface area contributed by atoms with E-state index in [1.165, 1.54) is 17.2 Å². The number of carbonyl (C=O) groups excluding carboxylic acids is 3. The van der Waals surface area contributed by atoms with E-state index < -0.39 is 17.9 Å². The summed E-state index contributed by atoms with van der Waals surface area (Å²) < 4.78 is 5.14. The SMILES string of the molecule is Cc1ccc(C)c(N(C(=O)CNC(=O)c2ccco2)[C@@H](C(=O)NC2CCCC2)c2ccccc2)c1. The predicted molar refractivity (Wildman–Crippen MR) is 134 cm³/mol. The number of hydrogen-bond acceptors (Lipinski definition) is 4. The maximum atomic E-state index is 13.7. The molecule has 1 aromatic heterocycles. The number of carbonyl (C=O) groups is 3. The first-order valence-electron chi connectivity index (χ1n) is 12.0.